The lowest BCUT2D eigenvalue weighted by molar-refractivity contribution is 0.261. The van der Waals surface area contributed by atoms with Crippen LogP contribution >= 0.6 is 0 Å². The number of para-hydroxylation sites is 1. The van der Waals surface area contributed by atoms with E-state index < -0.39 is 15.6 Å². The molecule has 1 aromatic rings. The topological polar surface area (TPSA) is 91.8 Å². The minimum Gasteiger partial charge on any atom is -0.493 e. The zero-order valence-electron chi connectivity index (χ0n) is 15.3. The van der Waals surface area contributed by atoms with Gasteiger partial charge in [0.15, 0.2) is 5.96 Å². The number of nitrogens with one attached hydrogen (secondary N) is 3. The number of hydrogen-bond donors (Lipinski definition) is 3. The Morgan fingerprint density at radius 1 is 1.36 bits per heavy atom. The van der Waals surface area contributed by atoms with Crippen LogP contribution in [0.4, 0.5) is 0 Å². The van der Waals surface area contributed by atoms with Crippen molar-refractivity contribution >= 4 is 16.0 Å². The summed E-state index contributed by atoms with van der Waals surface area (Å²) in [4.78, 5) is 4.56. The molecule has 1 aliphatic rings. The third-order valence-electron chi connectivity index (χ3n) is 3.71. The van der Waals surface area contributed by atoms with Crippen LogP contribution in [0.3, 0.4) is 0 Å². The van der Waals surface area contributed by atoms with E-state index >= 15 is 0 Å². The predicted molar refractivity (Wildman–Crippen MR) is 100 cm³/mol. The van der Waals surface area contributed by atoms with Gasteiger partial charge in [-0.1, -0.05) is 18.2 Å². The van der Waals surface area contributed by atoms with Crippen LogP contribution in [0.1, 0.15) is 38.8 Å². The molecule has 2 rings (SSSR count). The summed E-state index contributed by atoms with van der Waals surface area (Å²) in [5.41, 5.74) is 0.441. The molecule has 8 heteroatoms. The van der Waals surface area contributed by atoms with E-state index in [1.165, 1.54) is 0 Å². The van der Waals surface area contributed by atoms with Gasteiger partial charge in [0.05, 0.1) is 25.4 Å². The summed E-state index contributed by atoms with van der Waals surface area (Å²) in [7, 11) is -3.29. The lowest BCUT2D eigenvalue weighted by Crippen LogP contribution is -2.47. The van der Waals surface area contributed by atoms with Crippen molar-refractivity contribution in [1.29, 1.82) is 0 Å². The maximum Gasteiger partial charge on any atom is 0.209 e. The first kappa shape index (κ1) is 19.5. The van der Waals surface area contributed by atoms with Crippen molar-refractivity contribution in [2.75, 3.05) is 26.0 Å². The van der Waals surface area contributed by atoms with Gasteiger partial charge in [0, 0.05) is 24.1 Å². The number of rotatable bonds is 6. The molecule has 1 aromatic carbocycles. The van der Waals surface area contributed by atoms with Crippen molar-refractivity contribution in [3.05, 3.63) is 29.8 Å². The first-order chi connectivity index (χ1) is 11.7. The standard InChI is InChI=1S/C17H28N4O3S/c1-5-18-16(19-12-17(2,3)21-25(4,22)23)20-14-10-11-24-15-9-7-6-8-13(14)15/h6-9,14,21H,5,10-12H2,1-4H3,(H2,18,19,20). The molecule has 140 valence electrons. The average Bonchev–Trinajstić information content (AvgIpc) is 2.51. The van der Waals surface area contributed by atoms with E-state index in [1.54, 1.807) is 0 Å². The van der Waals surface area contributed by atoms with Gasteiger partial charge in [-0.15, -0.1) is 0 Å². The Labute approximate surface area is 150 Å². The number of nitrogens with zero attached hydrogens (tertiary/aromatic N) is 1. The number of ether oxygens (including phenoxy) is 1. The van der Waals surface area contributed by atoms with Crippen LogP contribution in [-0.4, -0.2) is 45.9 Å². The van der Waals surface area contributed by atoms with Crippen LogP contribution < -0.4 is 20.1 Å². The van der Waals surface area contributed by atoms with Crippen LogP contribution in [0.25, 0.3) is 0 Å². The van der Waals surface area contributed by atoms with Gasteiger partial charge in [-0.05, 0) is 26.8 Å². The van der Waals surface area contributed by atoms with Crippen molar-refractivity contribution < 1.29 is 13.2 Å². The summed E-state index contributed by atoms with van der Waals surface area (Å²) in [6.07, 6.45) is 1.99. The van der Waals surface area contributed by atoms with Gasteiger partial charge in [0.2, 0.25) is 10.0 Å². The molecule has 0 aromatic heterocycles. The molecule has 0 spiro atoms. The molecule has 1 atom stereocenters. The Morgan fingerprint density at radius 2 is 2.08 bits per heavy atom. The second-order valence-corrected chi connectivity index (χ2v) is 8.57. The smallest absolute Gasteiger partial charge is 0.209 e. The van der Waals surface area contributed by atoms with E-state index in [0.29, 0.717) is 19.1 Å². The molecule has 0 aliphatic carbocycles. The van der Waals surface area contributed by atoms with E-state index in [4.69, 9.17) is 4.74 Å². The predicted octanol–water partition coefficient (Wildman–Crippen LogP) is 1.39. The lowest BCUT2D eigenvalue weighted by Gasteiger charge is -2.29. The van der Waals surface area contributed by atoms with E-state index in [0.717, 1.165) is 30.5 Å². The van der Waals surface area contributed by atoms with Crippen molar-refractivity contribution in [3.8, 4) is 5.75 Å². The van der Waals surface area contributed by atoms with Gasteiger partial charge >= 0.3 is 0 Å². The number of aliphatic imine (C=N–C) groups is 1. The maximum atomic E-state index is 11.5. The summed E-state index contributed by atoms with van der Waals surface area (Å²) in [6.45, 7) is 7.30. The van der Waals surface area contributed by atoms with E-state index in [2.05, 4.69) is 20.3 Å². The summed E-state index contributed by atoms with van der Waals surface area (Å²) in [5, 5.41) is 6.65. The van der Waals surface area contributed by atoms with Gasteiger partial charge in [-0.2, -0.15) is 0 Å². The van der Waals surface area contributed by atoms with Crippen LogP contribution in [0.15, 0.2) is 29.3 Å². The molecule has 1 aliphatic heterocycles. The zero-order chi connectivity index (χ0) is 18.5. The van der Waals surface area contributed by atoms with Crippen molar-refractivity contribution in [3.63, 3.8) is 0 Å². The number of fused-ring (bicyclic) bond motifs is 1. The van der Waals surface area contributed by atoms with Gasteiger partial charge in [-0.25, -0.2) is 13.1 Å². The summed E-state index contributed by atoms with van der Waals surface area (Å²) >= 11 is 0. The molecule has 0 saturated carbocycles. The SMILES string of the molecule is CCNC(=NCC(C)(C)NS(C)(=O)=O)NC1CCOc2ccccc21. The Morgan fingerprint density at radius 3 is 2.76 bits per heavy atom. The highest BCUT2D eigenvalue weighted by Gasteiger charge is 2.24. The number of sulfonamides is 1. The Kier molecular flexibility index (Phi) is 6.29. The fourth-order valence-electron chi connectivity index (χ4n) is 2.79. The Bertz CT molecular complexity index is 716. The van der Waals surface area contributed by atoms with E-state index in [9.17, 15) is 8.42 Å². The van der Waals surface area contributed by atoms with E-state index in [-0.39, 0.29) is 6.04 Å². The highest BCUT2D eigenvalue weighted by molar-refractivity contribution is 7.88. The third-order valence-corrected chi connectivity index (χ3v) is 4.63. The minimum absolute atomic E-state index is 0.105. The maximum absolute atomic E-state index is 11.5. The Hall–Kier alpha value is -1.80. The molecular weight excluding hydrogens is 340 g/mol. The van der Waals surface area contributed by atoms with Crippen LogP contribution in [0, 0.1) is 0 Å². The van der Waals surface area contributed by atoms with Gasteiger partial charge in [0.1, 0.15) is 5.75 Å². The molecule has 0 bridgehead atoms. The van der Waals surface area contributed by atoms with Crippen LogP contribution in [0.5, 0.6) is 5.75 Å². The lowest BCUT2D eigenvalue weighted by atomic mass is 10.0. The van der Waals surface area contributed by atoms with Crippen LogP contribution in [-0.2, 0) is 10.0 Å². The van der Waals surface area contributed by atoms with Gasteiger partial charge < -0.3 is 15.4 Å². The van der Waals surface area contributed by atoms with Gasteiger partial charge in [0.25, 0.3) is 0 Å². The largest absolute Gasteiger partial charge is 0.493 e. The number of benzene rings is 1. The molecule has 0 fully saturated rings. The van der Waals surface area contributed by atoms with E-state index in [1.807, 2.05) is 45.0 Å². The molecule has 1 unspecified atom stereocenters. The molecule has 25 heavy (non-hydrogen) atoms. The summed E-state index contributed by atoms with van der Waals surface area (Å²) in [6, 6.07) is 8.07. The number of guanidine groups is 1. The molecular formula is C17H28N4O3S. The summed E-state index contributed by atoms with van der Waals surface area (Å²) in [5.74, 6) is 1.55. The fourth-order valence-corrected chi connectivity index (χ4v) is 3.86. The first-order valence-electron chi connectivity index (χ1n) is 8.46. The van der Waals surface area contributed by atoms with Crippen molar-refractivity contribution in [2.45, 2.75) is 38.8 Å². The molecule has 0 saturated heterocycles. The highest BCUT2D eigenvalue weighted by Crippen LogP contribution is 2.31. The minimum atomic E-state index is -3.29. The normalized spacial score (nSPS) is 18.2. The average molecular weight is 369 g/mol. The van der Waals surface area contributed by atoms with Gasteiger partial charge in [-0.3, -0.25) is 4.99 Å². The second-order valence-electron chi connectivity index (χ2n) is 6.83. The molecule has 3 N–H and O–H groups in total. The van der Waals surface area contributed by atoms with Crippen molar-refractivity contribution in [2.24, 2.45) is 4.99 Å². The molecule has 0 radical (unpaired) electrons. The molecule has 0 amide bonds. The van der Waals surface area contributed by atoms with Crippen molar-refractivity contribution in [1.82, 2.24) is 15.4 Å². The second kappa shape index (κ2) is 8.05. The number of hydrogen-bond acceptors (Lipinski definition) is 4. The molecule has 1 heterocycles. The zero-order valence-corrected chi connectivity index (χ0v) is 16.1. The highest BCUT2D eigenvalue weighted by atomic mass is 32.2. The fraction of sp³-hybridized carbons (Fsp3) is 0.588. The molecule has 7 nitrogen and oxygen atoms in total. The quantitative estimate of drug-likeness (QED) is 0.521. The monoisotopic (exact) mass is 368 g/mol. The summed E-state index contributed by atoms with van der Waals surface area (Å²) < 4.78 is 31.2. The first-order valence-corrected chi connectivity index (χ1v) is 10.3. The van der Waals surface area contributed by atoms with Crippen LogP contribution in [0.2, 0.25) is 0 Å². The third kappa shape index (κ3) is 6.21. The Balaban J connectivity index is 2.11.